The summed E-state index contributed by atoms with van der Waals surface area (Å²) in [4.78, 5) is 29.5. The van der Waals surface area contributed by atoms with Crippen molar-refractivity contribution in [3.8, 4) is 0 Å². The highest BCUT2D eigenvalue weighted by molar-refractivity contribution is 6.30. The topological polar surface area (TPSA) is 52.7 Å². The fraction of sp³-hybridized carbons (Fsp3) is 0.391. The van der Waals surface area contributed by atoms with Crippen LogP contribution in [0.5, 0.6) is 0 Å². The number of amides is 2. The second-order valence-electron chi connectivity index (χ2n) is 7.26. The number of carbonyl (C=O) groups excluding carboxylic acids is 2. The van der Waals surface area contributed by atoms with Crippen LogP contribution in [0.1, 0.15) is 31.4 Å². The normalized spacial score (nSPS) is 16.5. The smallest absolute Gasteiger partial charge is 0.239 e. The number of rotatable bonds is 8. The molecule has 1 heterocycles. The second kappa shape index (κ2) is 9.90. The lowest BCUT2D eigenvalue weighted by Gasteiger charge is -2.20. The molecule has 1 aliphatic heterocycles. The van der Waals surface area contributed by atoms with E-state index in [0.29, 0.717) is 24.5 Å². The lowest BCUT2D eigenvalue weighted by molar-refractivity contribution is -0.132. The van der Waals surface area contributed by atoms with Gasteiger partial charge in [0.25, 0.3) is 0 Å². The Morgan fingerprint density at radius 3 is 2.41 bits per heavy atom. The van der Waals surface area contributed by atoms with Crippen LogP contribution < -0.4 is 10.2 Å². The van der Waals surface area contributed by atoms with Gasteiger partial charge in [0.2, 0.25) is 11.8 Å². The van der Waals surface area contributed by atoms with Crippen LogP contribution in [0, 0.1) is 5.92 Å². The lowest BCUT2D eigenvalue weighted by atomic mass is 10.0. The molecule has 0 saturated carbocycles. The predicted molar refractivity (Wildman–Crippen MR) is 117 cm³/mol. The summed E-state index contributed by atoms with van der Waals surface area (Å²) in [6, 6.07) is 15.3. The van der Waals surface area contributed by atoms with Gasteiger partial charge in [-0.3, -0.25) is 14.5 Å². The zero-order valence-electron chi connectivity index (χ0n) is 17.0. The van der Waals surface area contributed by atoms with Crippen molar-refractivity contribution in [1.29, 1.82) is 0 Å². The van der Waals surface area contributed by atoms with Crippen molar-refractivity contribution >= 4 is 29.1 Å². The predicted octanol–water partition coefficient (Wildman–Crippen LogP) is 3.85. The molecule has 1 saturated heterocycles. The largest absolute Gasteiger partial charge is 0.351 e. The maximum atomic E-state index is 12.8. The highest BCUT2D eigenvalue weighted by Gasteiger charge is 2.37. The number of nitrogens with one attached hydrogen (secondary N) is 1. The Hall–Kier alpha value is -2.37. The molecule has 0 radical (unpaired) electrons. The number of anilines is 1. The molecule has 1 atom stereocenters. The summed E-state index contributed by atoms with van der Waals surface area (Å²) < 4.78 is 0. The number of carbonyl (C=O) groups is 2. The van der Waals surface area contributed by atoms with Gasteiger partial charge in [0.15, 0.2) is 0 Å². The van der Waals surface area contributed by atoms with Crippen LogP contribution in [0.25, 0.3) is 0 Å². The molecule has 1 fully saturated rings. The van der Waals surface area contributed by atoms with E-state index >= 15 is 0 Å². The average Bonchev–Trinajstić information content (AvgIpc) is 3.13. The number of hydrogen-bond donors (Lipinski definition) is 1. The molecule has 29 heavy (non-hydrogen) atoms. The molecule has 0 aromatic heterocycles. The Morgan fingerprint density at radius 1 is 1.10 bits per heavy atom. The lowest BCUT2D eigenvalue weighted by Crippen LogP contribution is -2.36. The molecule has 0 bridgehead atoms. The summed E-state index contributed by atoms with van der Waals surface area (Å²) >= 11 is 5.93. The molecule has 2 aromatic carbocycles. The molecule has 6 heteroatoms. The summed E-state index contributed by atoms with van der Waals surface area (Å²) in [5.41, 5.74) is 3.07. The van der Waals surface area contributed by atoms with Gasteiger partial charge in [0, 0.05) is 30.3 Å². The van der Waals surface area contributed by atoms with Gasteiger partial charge in [-0.05, 0) is 54.9 Å². The van der Waals surface area contributed by atoms with Gasteiger partial charge >= 0.3 is 0 Å². The van der Waals surface area contributed by atoms with E-state index in [4.69, 9.17) is 11.6 Å². The van der Waals surface area contributed by atoms with E-state index in [9.17, 15) is 9.59 Å². The van der Waals surface area contributed by atoms with Crippen molar-refractivity contribution in [1.82, 2.24) is 10.2 Å². The van der Waals surface area contributed by atoms with Gasteiger partial charge in [-0.25, -0.2) is 0 Å². The minimum atomic E-state index is -0.638. The summed E-state index contributed by atoms with van der Waals surface area (Å²) in [6.45, 7) is 8.07. The first-order chi connectivity index (χ1) is 14.0. The van der Waals surface area contributed by atoms with Crippen LogP contribution in [0.2, 0.25) is 5.02 Å². The van der Waals surface area contributed by atoms with Crippen molar-refractivity contribution in [2.75, 3.05) is 24.5 Å². The van der Waals surface area contributed by atoms with Crippen molar-refractivity contribution in [2.45, 2.75) is 33.4 Å². The van der Waals surface area contributed by atoms with Gasteiger partial charge < -0.3 is 10.2 Å². The molecule has 154 valence electrons. The van der Waals surface area contributed by atoms with Crippen LogP contribution in [-0.4, -0.2) is 36.3 Å². The van der Waals surface area contributed by atoms with Crippen molar-refractivity contribution in [3.05, 3.63) is 64.7 Å². The number of halogens is 1. The third kappa shape index (κ3) is 5.17. The maximum absolute atomic E-state index is 12.8. The Bertz CT molecular complexity index is 849. The third-order valence-corrected chi connectivity index (χ3v) is 5.77. The SMILES string of the molecule is CCN(CC)Cc1ccccc1CNC(=O)C1CCN(c2ccc(Cl)cc2)C1=O. The molecular formula is C23H28ClN3O2. The van der Waals surface area contributed by atoms with Crippen LogP contribution in [0.4, 0.5) is 5.69 Å². The standard InChI is InChI=1S/C23H28ClN3O2/c1-3-26(4-2)16-18-8-6-5-7-17(18)15-25-22(28)21-13-14-27(23(21)29)20-11-9-19(24)10-12-20/h5-12,21H,3-4,13-16H2,1-2H3,(H,25,28). The van der Waals surface area contributed by atoms with E-state index in [0.717, 1.165) is 30.9 Å². The molecule has 1 N–H and O–H groups in total. The summed E-state index contributed by atoms with van der Waals surface area (Å²) in [6.07, 6.45) is 0.522. The highest BCUT2D eigenvalue weighted by atomic mass is 35.5. The summed E-state index contributed by atoms with van der Waals surface area (Å²) in [5, 5.41) is 3.60. The van der Waals surface area contributed by atoms with Crippen LogP contribution in [0.3, 0.4) is 0 Å². The van der Waals surface area contributed by atoms with Crippen LogP contribution in [-0.2, 0) is 22.7 Å². The first kappa shape index (κ1) is 21.3. The molecule has 2 aromatic rings. The monoisotopic (exact) mass is 413 g/mol. The third-order valence-electron chi connectivity index (χ3n) is 5.52. The Kier molecular flexibility index (Phi) is 7.29. The number of nitrogens with zero attached hydrogens (tertiary/aromatic N) is 2. The Balaban J connectivity index is 1.62. The van der Waals surface area contributed by atoms with Gasteiger partial charge in [-0.2, -0.15) is 0 Å². The van der Waals surface area contributed by atoms with Crippen LogP contribution >= 0.6 is 11.6 Å². The number of benzene rings is 2. The van der Waals surface area contributed by atoms with E-state index < -0.39 is 5.92 Å². The molecule has 1 aliphatic rings. The molecule has 2 amide bonds. The van der Waals surface area contributed by atoms with Crippen LogP contribution in [0.15, 0.2) is 48.5 Å². The first-order valence-electron chi connectivity index (χ1n) is 10.2. The highest BCUT2D eigenvalue weighted by Crippen LogP contribution is 2.26. The molecule has 5 nitrogen and oxygen atoms in total. The second-order valence-corrected chi connectivity index (χ2v) is 7.69. The van der Waals surface area contributed by atoms with E-state index in [1.807, 2.05) is 30.3 Å². The van der Waals surface area contributed by atoms with E-state index in [-0.39, 0.29) is 11.8 Å². The first-order valence-corrected chi connectivity index (χ1v) is 10.5. The molecule has 1 unspecified atom stereocenters. The molecular weight excluding hydrogens is 386 g/mol. The molecule has 3 rings (SSSR count). The minimum Gasteiger partial charge on any atom is -0.351 e. The zero-order chi connectivity index (χ0) is 20.8. The van der Waals surface area contributed by atoms with E-state index in [2.05, 4.69) is 30.1 Å². The summed E-state index contributed by atoms with van der Waals surface area (Å²) in [5.74, 6) is -0.994. The van der Waals surface area contributed by atoms with Gasteiger partial charge in [0.05, 0.1) is 0 Å². The Morgan fingerprint density at radius 2 is 1.76 bits per heavy atom. The average molecular weight is 414 g/mol. The fourth-order valence-electron chi connectivity index (χ4n) is 3.68. The van der Waals surface area contributed by atoms with Gasteiger partial charge in [0.1, 0.15) is 5.92 Å². The molecule has 0 aliphatic carbocycles. The van der Waals surface area contributed by atoms with Gasteiger partial charge in [-0.15, -0.1) is 0 Å². The van der Waals surface area contributed by atoms with E-state index in [1.54, 1.807) is 17.0 Å². The van der Waals surface area contributed by atoms with Crippen molar-refractivity contribution in [3.63, 3.8) is 0 Å². The summed E-state index contributed by atoms with van der Waals surface area (Å²) in [7, 11) is 0. The fourth-order valence-corrected chi connectivity index (χ4v) is 3.80. The van der Waals surface area contributed by atoms with Gasteiger partial charge in [-0.1, -0.05) is 49.7 Å². The van der Waals surface area contributed by atoms with Crippen molar-refractivity contribution in [2.24, 2.45) is 5.92 Å². The number of hydrogen-bond acceptors (Lipinski definition) is 3. The quantitative estimate of drug-likeness (QED) is 0.669. The van der Waals surface area contributed by atoms with Crippen molar-refractivity contribution < 1.29 is 9.59 Å². The van der Waals surface area contributed by atoms with E-state index in [1.165, 1.54) is 5.56 Å². The maximum Gasteiger partial charge on any atom is 0.239 e. The zero-order valence-corrected chi connectivity index (χ0v) is 17.8. The minimum absolute atomic E-state index is 0.152. The molecule has 0 spiro atoms. The Labute approximate surface area is 177 Å².